The third-order valence-electron chi connectivity index (χ3n) is 3.07. The van der Waals surface area contributed by atoms with Gasteiger partial charge in [-0.25, -0.2) is 0 Å². The van der Waals surface area contributed by atoms with Gasteiger partial charge < -0.3 is 4.42 Å². The Hall–Kier alpha value is -2.31. The van der Waals surface area contributed by atoms with Crippen LogP contribution in [0, 0.1) is 0 Å². The second kappa shape index (κ2) is 6.85. The van der Waals surface area contributed by atoms with Crippen LogP contribution in [0.2, 0.25) is 5.02 Å². The first-order valence-electron chi connectivity index (χ1n) is 6.70. The van der Waals surface area contributed by atoms with Crippen molar-refractivity contribution in [1.29, 1.82) is 0 Å². The third-order valence-corrected chi connectivity index (χ3v) is 4.05. The lowest BCUT2D eigenvalue weighted by atomic mass is 10.2. The number of amides is 1. The summed E-state index contributed by atoms with van der Waals surface area (Å²) in [6.07, 6.45) is 1.98. The van der Waals surface area contributed by atoms with Crippen LogP contribution in [0.4, 0.5) is 6.01 Å². The summed E-state index contributed by atoms with van der Waals surface area (Å²) < 4.78 is 5.44. The van der Waals surface area contributed by atoms with Gasteiger partial charge >= 0.3 is 6.01 Å². The highest BCUT2D eigenvalue weighted by atomic mass is 35.5. The summed E-state index contributed by atoms with van der Waals surface area (Å²) in [5.74, 6) is -0.0144. The molecule has 0 aliphatic carbocycles. The summed E-state index contributed by atoms with van der Waals surface area (Å²) in [6.45, 7) is 0. The van der Waals surface area contributed by atoms with E-state index in [4.69, 9.17) is 16.0 Å². The van der Waals surface area contributed by atoms with Crippen molar-refractivity contribution in [2.45, 2.75) is 4.90 Å². The Balaban J connectivity index is 1.74. The highest BCUT2D eigenvalue weighted by Gasteiger charge is 2.13. The van der Waals surface area contributed by atoms with Crippen LogP contribution in [0.15, 0.2) is 57.8 Å². The van der Waals surface area contributed by atoms with Gasteiger partial charge in [-0.3, -0.25) is 10.1 Å². The van der Waals surface area contributed by atoms with Gasteiger partial charge in [-0.15, -0.1) is 16.9 Å². The number of nitrogens with zero attached hydrogens (tertiary/aromatic N) is 2. The molecule has 1 N–H and O–H groups in total. The molecule has 0 saturated carbocycles. The lowest BCUT2D eigenvalue weighted by molar-refractivity contribution is 0.102. The second-order valence-corrected chi connectivity index (χ2v) is 5.92. The lowest BCUT2D eigenvalue weighted by Crippen LogP contribution is -2.11. The number of benzene rings is 2. The van der Waals surface area contributed by atoms with Crippen molar-refractivity contribution in [3.63, 3.8) is 0 Å². The molecule has 0 spiro atoms. The van der Waals surface area contributed by atoms with Gasteiger partial charge in [-0.05, 0) is 48.7 Å². The minimum atomic E-state index is -0.307. The molecule has 7 heteroatoms. The fourth-order valence-corrected chi connectivity index (χ4v) is 2.52. The molecule has 0 saturated heterocycles. The molecule has 116 valence electrons. The number of hydrogen-bond donors (Lipinski definition) is 1. The van der Waals surface area contributed by atoms with E-state index in [1.165, 1.54) is 0 Å². The number of rotatable bonds is 4. The summed E-state index contributed by atoms with van der Waals surface area (Å²) in [5.41, 5.74) is 1.21. The molecule has 3 rings (SSSR count). The minimum Gasteiger partial charge on any atom is -0.403 e. The van der Waals surface area contributed by atoms with Crippen LogP contribution in [0.1, 0.15) is 10.4 Å². The van der Waals surface area contributed by atoms with E-state index in [0.29, 0.717) is 22.0 Å². The molecule has 5 nitrogen and oxygen atoms in total. The van der Waals surface area contributed by atoms with E-state index in [1.54, 1.807) is 48.2 Å². The highest BCUT2D eigenvalue weighted by Crippen LogP contribution is 2.23. The topological polar surface area (TPSA) is 68.0 Å². The Morgan fingerprint density at radius 1 is 1.17 bits per heavy atom. The second-order valence-electron chi connectivity index (χ2n) is 4.61. The molecule has 0 bridgehead atoms. The van der Waals surface area contributed by atoms with Gasteiger partial charge in [0.25, 0.3) is 5.91 Å². The van der Waals surface area contributed by atoms with Gasteiger partial charge in [0, 0.05) is 21.0 Å². The normalized spacial score (nSPS) is 10.5. The van der Waals surface area contributed by atoms with Gasteiger partial charge in [-0.2, -0.15) is 0 Å². The number of aromatic nitrogens is 2. The Bertz CT molecular complexity index is 833. The molecule has 2 aromatic carbocycles. The average molecular weight is 346 g/mol. The first kappa shape index (κ1) is 15.6. The highest BCUT2D eigenvalue weighted by molar-refractivity contribution is 7.98. The van der Waals surface area contributed by atoms with Crippen LogP contribution >= 0.6 is 23.4 Å². The molecular formula is C16H12ClN3O2S. The molecule has 0 radical (unpaired) electrons. The van der Waals surface area contributed by atoms with Crippen molar-refractivity contribution < 1.29 is 9.21 Å². The quantitative estimate of drug-likeness (QED) is 0.711. The van der Waals surface area contributed by atoms with Crippen molar-refractivity contribution in [1.82, 2.24) is 10.2 Å². The number of anilines is 1. The smallest absolute Gasteiger partial charge is 0.322 e. The van der Waals surface area contributed by atoms with Crippen LogP contribution in [0.3, 0.4) is 0 Å². The molecule has 23 heavy (non-hydrogen) atoms. The number of carbonyl (C=O) groups excluding carboxylic acids is 1. The lowest BCUT2D eigenvalue weighted by Gasteiger charge is -2.01. The summed E-state index contributed by atoms with van der Waals surface area (Å²) >= 11 is 7.54. The summed E-state index contributed by atoms with van der Waals surface area (Å²) in [4.78, 5) is 13.2. The molecule has 0 fully saturated rings. The average Bonchev–Trinajstić information content (AvgIpc) is 3.03. The Kier molecular flexibility index (Phi) is 4.64. The molecule has 1 aromatic heterocycles. The Morgan fingerprint density at radius 2 is 1.96 bits per heavy atom. The van der Waals surface area contributed by atoms with Crippen LogP contribution in [-0.2, 0) is 0 Å². The molecule has 1 amide bonds. The Labute approximate surface area is 142 Å². The SMILES string of the molecule is CSc1ccc(C(=O)Nc2nnc(-c3cccc(Cl)c3)o2)cc1. The van der Waals surface area contributed by atoms with E-state index in [2.05, 4.69) is 15.5 Å². The fourth-order valence-electron chi connectivity index (χ4n) is 1.92. The molecule has 0 aliphatic heterocycles. The molecule has 0 unspecified atom stereocenters. The molecule has 0 atom stereocenters. The standard InChI is InChI=1S/C16H12ClN3O2S/c1-23-13-7-5-10(6-8-13)14(21)18-16-20-19-15(22-16)11-3-2-4-12(17)9-11/h2-9H,1H3,(H,18,20,21). The van der Waals surface area contributed by atoms with Crippen LogP contribution < -0.4 is 5.32 Å². The summed E-state index contributed by atoms with van der Waals surface area (Å²) in [6, 6.07) is 14.3. The van der Waals surface area contributed by atoms with Gasteiger partial charge in [0.2, 0.25) is 5.89 Å². The van der Waals surface area contributed by atoms with E-state index in [9.17, 15) is 4.79 Å². The monoisotopic (exact) mass is 345 g/mol. The maximum absolute atomic E-state index is 12.1. The van der Waals surface area contributed by atoms with Crippen LogP contribution in [0.5, 0.6) is 0 Å². The largest absolute Gasteiger partial charge is 0.403 e. The maximum atomic E-state index is 12.1. The zero-order valence-electron chi connectivity index (χ0n) is 12.1. The molecule has 1 heterocycles. The van der Waals surface area contributed by atoms with Crippen LogP contribution in [-0.4, -0.2) is 22.4 Å². The van der Waals surface area contributed by atoms with E-state index in [1.807, 2.05) is 18.4 Å². The van der Waals surface area contributed by atoms with Gasteiger partial charge in [0.05, 0.1) is 0 Å². The number of nitrogens with one attached hydrogen (secondary N) is 1. The van der Waals surface area contributed by atoms with E-state index in [-0.39, 0.29) is 11.9 Å². The predicted octanol–water partition coefficient (Wildman–Crippen LogP) is 4.36. The maximum Gasteiger partial charge on any atom is 0.322 e. The van der Waals surface area contributed by atoms with E-state index < -0.39 is 0 Å². The summed E-state index contributed by atoms with van der Waals surface area (Å²) in [5, 5.41) is 10.9. The first-order valence-corrected chi connectivity index (χ1v) is 8.31. The van der Waals surface area contributed by atoms with Crippen molar-refractivity contribution in [2.24, 2.45) is 0 Å². The molecule has 3 aromatic rings. The van der Waals surface area contributed by atoms with Crippen LogP contribution in [0.25, 0.3) is 11.5 Å². The number of thioether (sulfide) groups is 1. The Morgan fingerprint density at radius 3 is 2.65 bits per heavy atom. The van der Waals surface area contributed by atoms with Crippen molar-refractivity contribution in [3.05, 3.63) is 59.1 Å². The fraction of sp³-hybridized carbons (Fsp3) is 0.0625. The predicted molar refractivity (Wildman–Crippen MR) is 90.9 cm³/mol. The van der Waals surface area contributed by atoms with Crippen molar-refractivity contribution in [2.75, 3.05) is 11.6 Å². The number of hydrogen-bond acceptors (Lipinski definition) is 5. The number of halogens is 1. The molecule has 0 aliphatic rings. The molecular weight excluding hydrogens is 334 g/mol. The minimum absolute atomic E-state index is 0.0407. The van der Waals surface area contributed by atoms with Gasteiger partial charge in [-0.1, -0.05) is 22.8 Å². The van der Waals surface area contributed by atoms with Gasteiger partial charge in [0.15, 0.2) is 0 Å². The van der Waals surface area contributed by atoms with E-state index >= 15 is 0 Å². The van der Waals surface area contributed by atoms with E-state index in [0.717, 1.165) is 4.90 Å². The van der Waals surface area contributed by atoms with Gasteiger partial charge in [0.1, 0.15) is 0 Å². The summed E-state index contributed by atoms with van der Waals surface area (Å²) in [7, 11) is 0. The number of carbonyl (C=O) groups is 1. The third kappa shape index (κ3) is 3.72. The van der Waals surface area contributed by atoms with Crippen molar-refractivity contribution >= 4 is 35.3 Å². The first-order chi connectivity index (χ1) is 11.2. The zero-order chi connectivity index (χ0) is 16.2. The van der Waals surface area contributed by atoms with Crippen molar-refractivity contribution in [3.8, 4) is 11.5 Å². The zero-order valence-corrected chi connectivity index (χ0v) is 13.7.